The summed E-state index contributed by atoms with van der Waals surface area (Å²) in [4.78, 5) is 62.5. The van der Waals surface area contributed by atoms with E-state index in [9.17, 15) is 32.0 Å². The first-order chi connectivity index (χ1) is 29.0. The van der Waals surface area contributed by atoms with Crippen molar-refractivity contribution in [2.24, 2.45) is 5.92 Å². The third kappa shape index (κ3) is 8.57. The van der Waals surface area contributed by atoms with Gasteiger partial charge in [-0.2, -0.15) is 0 Å². The molecule has 8 rings (SSSR count). The van der Waals surface area contributed by atoms with Crippen LogP contribution in [0.25, 0.3) is 33.0 Å². The van der Waals surface area contributed by atoms with Gasteiger partial charge in [0.05, 0.1) is 23.9 Å². The minimum Gasteiger partial charge on any atom is -0.493 e. The Labute approximate surface area is 353 Å². The number of ether oxygens (including phenoxy) is 3. The number of fused-ring (bicyclic) bond motifs is 6. The van der Waals surface area contributed by atoms with E-state index in [0.29, 0.717) is 65.4 Å². The van der Waals surface area contributed by atoms with Crippen molar-refractivity contribution in [3.63, 3.8) is 0 Å². The van der Waals surface area contributed by atoms with E-state index in [0.717, 1.165) is 18.4 Å². The van der Waals surface area contributed by atoms with Crippen LogP contribution in [0, 0.1) is 18.7 Å². The average Bonchev–Trinajstić information content (AvgIpc) is 4.09. The summed E-state index contributed by atoms with van der Waals surface area (Å²) in [5.74, 6) is -2.21. The molecule has 2 aliphatic heterocycles. The first-order valence-corrected chi connectivity index (χ1v) is 22.6. The number of hydrogen-bond donors (Lipinski definition) is 3. The average molecular weight is 862 g/mol. The molecule has 0 unspecified atom stereocenters. The number of halogens is 1. The van der Waals surface area contributed by atoms with Crippen LogP contribution in [0.15, 0.2) is 46.9 Å². The normalized spacial score (nSPS) is 25.5. The van der Waals surface area contributed by atoms with Gasteiger partial charge in [-0.1, -0.05) is 25.0 Å². The van der Waals surface area contributed by atoms with Crippen LogP contribution in [0.3, 0.4) is 0 Å². The molecule has 5 atom stereocenters. The lowest BCUT2D eigenvalue weighted by molar-refractivity contribution is -0.141. The van der Waals surface area contributed by atoms with Crippen LogP contribution in [0.2, 0.25) is 0 Å². The second-order valence-corrected chi connectivity index (χ2v) is 19.5. The predicted octanol–water partition coefficient (Wildman–Crippen LogP) is 6.23. The molecule has 4 amide bonds. The van der Waals surface area contributed by atoms with Crippen LogP contribution in [-0.4, -0.2) is 89.8 Å². The van der Waals surface area contributed by atoms with Gasteiger partial charge in [-0.05, 0) is 97.4 Å². The maximum Gasteiger partial charge on any atom is 0.408 e. The standard InChI is InChI=1S/C44H52FN5O10S/c1-6-57-34-19-18-30-35-38(59-36(30)24(34)2)37(29-17-14-26(45)20-32(29)46-35)58-27-21-33-39(51)48-44(41(53)49-61(55,56)28-15-16-28)22-25(44)12-10-8-7-9-11-13-31(40(52)50(33)23-27)47-42(54)60-43(3,4)5/h10,12,14,17-20,25,27-28,31,33H,6-9,11,13,15-16,21-23H2,1-5H3,(H,47,54)(H,48,51)(H,49,53)/b12-10-/t25-,27+,31-,33-,44+/m0/s1. The molecular formula is C44H52FN5O10S. The predicted molar refractivity (Wildman–Crippen MR) is 224 cm³/mol. The zero-order valence-corrected chi connectivity index (χ0v) is 35.8. The summed E-state index contributed by atoms with van der Waals surface area (Å²) in [6.07, 6.45) is 6.09. The summed E-state index contributed by atoms with van der Waals surface area (Å²) in [5, 5.41) is 6.04. The highest BCUT2D eigenvalue weighted by Gasteiger charge is 2.62. The lowest BCUT2D eigenvalue weighted by Gasteiger charge is -2.30. The largest absolute Gasteiger partial charge is 0.493 e. The van der Waals surface area contributed by atoms with E-state index in [1.807, 2.05) is 38.1 Å². The van der Waals surface area contributed by atoms with E-state index in [-0.39, 0.29) is 37.1 Å². The summed E-state index contributed by atoms with van der Waals surface area (Å²) < 4.78 is 67.5. The minimum atomic E-state index is -3.94. The molecule has 17 heteroatoms. The molecule has 2 aromatic heterocycles. The molecule has 0 bridgehead atoms. The molecule has 326 valence electrons. The van der Waals surface area contributed by atoms with Crippen LogP contribution < -0.4 is 24.8 Å². The summed E-state index contributed by atoms with van der Waals surface area (Å²) in [5.41, 5.74) is -0.205. The molecule has 3 fully saturated rings. The minimum absolute atomic E-state index is 0.0600. The SMILES string of the molecule is CCOc1ccc2c(oc3c(O[C@@H]4C[C@H]5C(=O)N[C@]6(C(=O)NS(=O)(=O)C7CC7)C[C@@H]6/C=C\CCCCC[C@H](NC(=O)OC(C)(C)C)C(=O)N5C4)c4ccc(F)cc4nc32)c1C. The maximum absolute atomic E-state index is 14.8. The second kappa shape index (κ2) is 16.1. The number of aryl methyl sites for hydroxylation is 1. The van der Waals surface area contributed by atoms with Gasteiger partial charge in [0, 0.05) is 34.7 Å². The van der Waals surface area contributed by atoms with Gasteiger partial charge in [0.2, 0.25) is 21.8 Å². The van der Waals surface area contributed by atoms with Crippen molar-refractivity contribution in [3.05, 3.63) is 53.9 Å². The Morgan fingerprint density at radius 2 is 1.84 bits per heavy atom. The molecule has 4 heterocycles. The fraction of sp³-hybridized carbons (Fsp3) is 0.523. The number of carbonyl (C=O) groups excluding carboxylic acids is 4. The quantitative estimate of drug-likeness (QED) is 0.170. The molecule has 61 heavy (non-hydrogen) atoms. The number of furan rings is 1. The fourth-order valence-electron chi connectivity index (χ4n) is 8.45. The number of hydrogen-bond acceptors (Lipinski definition) is 11. The Morgan fingerprint density at radius 1 is 1.07 bits per heavy atom. The molecule has 15 nitrogen and oxygen atoms in total. The van der Waals surface area contributed by atoms with Crippen molar-refractivity contribution in [3.8, 4) is 11.5 Å². The number of rotatable bonds is 8. The molecule has 4 aliphatic rings. The van der Waals surface area contributed by atoms with Crippen LogP contribution >= 0.6 is 0 Å². The number of nitrogens with one attached hydrogen (secondary N) is 3. The maximum atomic E-state index is 14.8. The lowest BCUT2D eigenvalue weighted by atomic mass is 10.0. The third-order valence-electron chi connectivity index (χ3n) is 11.8. The summed E-state index contributed by atoms with van der Waals surface area (Å²) in [6, 6.07) is 5.44. The monoisotopic (exact) mass is 861 g/mol. The smallest absolute Gasteiger partial charge is 0.408 e. The number of nitrogens with zero attached hydrogens (tertiary/aromatic N) is 2. The Balaban J connectivity index is 1.18. The van der Waals surface area contributed by atoms with Gasteiger partial charge in [0.1, 0.15) is 52.0 Å². The van der Waals surface area contributed by atoms with Gasteiger partial charge >= 0.3 is 6.09 Å². The number of carbonyl (C=O) groups is 4. The zero-order valence-electron chi connectivity index (χ0n) is 35.0. The highest BCUT2D eigenvalue weighted by molar-refractivity contribution is 7.91. The Hall–Kier alpha value is -5.45. The summed E-state index contributed by atoms with van der Waals surface area (Å²) >= 11 is 0. The topological polar surface area (TPSA) is 195 Å². The molecular weight excluding hydrogens is 810 g/mol. The van der Waals surface area contributed by atoms with Crippen LogP contribution in [0.5, 0.6) is 11.5 Å². The molecule has 3 N–H and O–H groups in total. The number of sulfonamides is 1. The highest BCUT2D eigenvalue weighted by atomic mass is 32.2. The number of aromatic nitrogens is 1. The first kappa shape index (κ1) is 42.2. The molecule has 0 radical (unpaired) electrons. The number of pyridine rings is 1. The van der Waals surface area contributed by atoms with E-state index in [2.05, 4.69) is 15.4 Å². The lowest BCUT2D eigenvalue weighted by Crippen LogP contribution is -2.58. The molecule has 2 aromatic carbocycles. The van der Waals surface area contributed by atoms with Crippen molar-refractivity contribution in [2.45, 2.75) is 127 Å². The highest BCUT2D eigenvalue weighted by Crippen LogP contribution is 2.47. The van der Waals surface area contributed by atoms with Crippen molar-refractivity contribution in [2.75, 3.05) is 13.2 Å². The first-order valence-electron chi connectivity index (χ1n) is 21.1. The molecule has 0 spiro atoms. The van der Waals surface area contributed by atoms with Crippen molar-refractivity contribution < 1.29 is 50.6 Å². The van der Waals surface area contributed by atoms with Gasteiger partial charge in [-0.3, -0.25) is 19.1 Å². The van der Waals surface area contributed by atoms with Gasteiger partial charge in [-0.25, -0.2) is 22.6 Å². The van der Waals surface area contributed by atoms with Gasteiger partial charge < -0.3 is 34.2 Å². The zero-order chi connectivity index (χ0) is 43.4. The van der Waals surface area contributed by atoms with E-state index in [1.54, 1.807) is 20.8 Å². The summed E-state index contributed by atoms with van der Waals surface area (Å²) in [6.45, 7) is 9.18. The molecule has 2 saturated carbocycles. The van der Waals surface area contributed by atoms with Crippen molar-refractivity contribution in [1.82, 2.24) is 25.2 Å². The van der Waals surface area contributed by atoms with E-state index < -0.39 is 80.2 Å². The van der Waals surface area contributed by atoms with Crippen LogP contribution in [0.4, 0.5) is 9.18 Å². The number of amides is 4. The van der Waals surface area contributed by atoms with Crippen molar-refractivity contribution >= 4 is 66.8 Å². The second-order valence-electron chi connectivity index (χ2n) is 17.6. The third-order valence-corrected chi connectivity index (χ3v) is 13.6. The van der Waals surface area contributed by atoms with Crippen LogP contribution in [0.1, 0.15) is 91.0 Å². The Kier molecular flexibility index (Phi) is 11.2. The van der Waals surface area contributed by atoms with Gasteiger partial charge in [0.15, 0.2) is 11.3 Å². The van der Waals surface area contributed by atoms with E-state index in [4.69, 9.17) is 23.6 Å². The van der Waals surface area contributed by atoms with Crippen molar-refractivity contribution in [1.29, 1.82) is 0 Å². The van der Waals surface area contributed by atoms with E-state index in [1.165, 1.54) is 23.1 Å². The van der Waals surface area contributed by atoms with E-state index >= 15 is 0 Å². The van der Waals surface area contributed by atoms with Gasteiger partial charge in [-0.15, -0.1) is 0 Å². The number of benzene rings is 2. The molecule has 4 aromatic rings. The number of allylic oxidation sites excluding steroid dienone is 1. The fourth-order valence-corrected chi connectivity index (χ4v) is 9.82. The molecule has 2 aliphatic carbocycles. The van der Waals surface area contributed by atoms with Gasteiger partial charge in [0.25, 0.3) is 5.91 Å². The number of alkyl carbamates (subject to hydrolysis) is 1. The Bertz CT molecular complexity index is 2570. The Morgan fingerprint density at radius 3 is 2.57 bits per heavy atom. The summed E-state index contributed by atoms with van der Waals surface area (Å²) in [7, 11) is -3.94. The van der Waals surface area contributed by atoms with Crippen LogP contribution in [-0.2, 0) is 29.1 Å². The molecule has 1 saturated heterocycles.